The van der Waals surface area contributed by atoms with Gasteiger partial charge in [0.15, 0.2) is 0 Å². The van der Waals surface area contributed by atoms with Gasteiger partial charge in [0, 0.05) is 37.9 Å². The fraction of sp³-hybridized carbons (Fsp3) is 0.333. The van der Waals surface area contributed by atoms with E-state index in [1.165, 1.54) is 28.5 Å². The smallest absolute Gasteiger partial charge is 0.123 e. The zero-order valence-corrected chi connectivity index (χ0v) is 14.4. The Balaban J connectivity index is 1.35. The lowest BCUT2D eigenvalue weighted by Gasteiger charge is -2.22. The Morgan fingerprint density at radius 3 is 2.24 bits per heavy atom. The van der Waals surface area contributed by atoms with E-state index in [-0.39, 0.29) is 5.82 Å². The van der Waals surface area contributed by atoms with Crippen molar-refractivity contribution >= 4 is 10.9 Å². The molecular formula is C21H24FN3. The van der Waals surface area contributed by atoms with E-state index in [4.69, 9.17) is 0 Å². The maximum absolute atomic E-state index is 13.0. The number of hydrogen-bond donors (Lipinski definition) is 1. The van der Waals surface area contributed by atoms with Gasteiger partial charge in [0.1, 0.15) is 5.82 Å². The molecule has 4 rings (SSSR count). The number of nitrogens with zero attached hydrogens (tertiary/aromatic N) is 2. The second-order valence-electron chi connectivity index (χ2n) is 6.93. The molecule has 3 nitrogen and oxygen atoms in total. The molecule has 2 aromatic carbocycles. The van der Waals surface area contributed by atoms with Gasteiger partial charge in [0.2, 0.25) is 0 Å². The van der Waals surface area contributed by atoms with Crippen molar-refractivity contribution in [3.63, 3.8) is 0 Å². The van der Waals surface area contributed by atoms with Crippen molar-refractivity contribution in [1.82, 2.24) is 14.8 Å². The molecule has 1 aliphatic heterocycles. The average molecular weight is 337 g/mol. The molecule has 0 saturated carbocycles. The van der Waals surface area contributed by atoms with Crippen LogP contribution in [0.15, 0.2) is 54.7 Å². The zero-order valence-electron chi connectivity index (χ0n) is 14.4. The van der Waals surface area contributed by atoms with Crippen LogP contribution in [0.3, 0.4) is 0 Å². The predicted molar refractivity (Wildman–Crippen MR) is 99.9 cm³/mol. The maximum Gasteiger partial charge on any atom is 0.123 e. The van der Waals surface area contributed by atoms with Crippen LogP contribution in [0.2, 0.25) is 0 Å². The first kappa shape index (κ1) is 16.3. The molecule has 4 heteroatoms. The first-order valence-electron chi connectivity index (χ1n) is 9.01. The lowest BCUT2D eigenvalue weighted by molar-refractivity contribution is 0.247. The van der Waals surface area contributed by atoms with Crippen molar-refractivity contribution in [2.45, 2.75) is 19.5 Å². The Morgan fingerprint density at radius 2 is 1.48 bits per heavy atom. The van der Waals surface area contributed by atoms with Gasteiger partial charge in [-0.1, -0.05) is 18.2 Å². The SMILES string of the molecule is Fc1ccc(CN2CCCN(Cc3ccc4[nH]ccc4c3)CC2)cc1. The molecule has 0 bridgehead atoms. The summed E-state index contributed by atoms with van der Waals surface area (Å²) in [5.74, 6) is -0.162. The second-order valence-corrected chi connectivity index (χ2v) is 6.93. The maximum atomic E-state index is 13.0. The van der Waals surface area contributed by atoms with E-state index in [1.54, 1.807) is 12.1 Å². The lowest BCUT2D eigenvalue weighted by Crippen LogP contribution is -2.30. The highest BCUT2D eigenvalue weighted by Gasteiger charge is 2.15. The summed E-state index contributed by atoms with van der Waals surface area (Å²) in [5, 5.41) is 1.28. The second kappa shape index (κ2) is 7.38. The minimum Gasteiger partial charge on any atom is -0.361 e. The number of fused-ring (bicyclic) bond motifs is 1. The predicted octanol–water partition coefficient (Wildman–Crippen LogP) is 4.01. The molecule has 2 heterocycles. The molecule has 1 saturated heterocycles. The molecule has 3 aromatic rings. The van der Waals surface area contributed by atoms with Crippen LogP contribution in [0.4, 0.5) is 4.39 Å². The fourth-order valence-corrected chi connectivity index (χ4v) is 3.65. The number of rotatable bonds is 4. The van der Waals surface area contributed by atoms with Crippen LogP contribution in [0.1, 0.15) is 17.5 Å². The molecule has 1 N–H and O–H groups in total. The van der Waals surface area contributed by atoms with E-state index in [2.05, 4.69) is 39.0 Å². The highest BCUT2D eigenvalue weighted by atomic mass is 19.1. The Hall–Kier alpha value is -2.17. The Labute approximate surface area is 148 Å². The highest BCUT2D eigenvalue weighted by Crippen LogP contribution is 2.17. The molecule has 0 radical (unpaired) electrons. The quantitative estimate of drug-likeness (QED) is 0.777. The molecule has 0 amide bonds. The molecule has 0 unspecified atom stereocenters. The van der Waals surface area contributed by atoms with Crippen LogP contribution < -0.4 is 0 Å². The fourth-order valence-electron chi connectivity index (χ4n) is 3.65. The molecule has 1 aromatic heterocycles. The van der Waals surface area contributed by atoms with Crippen molar-refractivity contribution < 1.29 is 4.39 Å². The summed E-state index contributed by atoms with van der Waals surface area (Å²) in [6, 6.07) is 15.7. The van der Waals surface area contributed by atoms with Gasteiger partial charge >= 0.3 is 0 Å². The van der Waals surface area contributed by atoms with Crippen molar-refractivity contribution in [2.75, 3.05) is 26.2 Å². The van der Waals surface area contributed by atoms with E-state index in [0.29, 0.717) is 0 Å². The molecule has 0 spiro atoms. The highest BCUT2D eigenvalue weighted by molar-refractivity contribution is 5.79. The van der Waals surface area contributed by atoms with Crippen LogP contribution in [0, 0.1) is 5.82 Å². The topological polar surface area (TPSA) is 22.3 Å². The largest absolute Gasteiger partial charge is 0.361 e. The van der Waals surface area contributed by atoms with Crippen molar-refractivity contribution in [1.29, 1.82) is 0 Å². The van der Waals surface area contributed by atoms with E-state index in [1.807, 2.05) is 18.3 Å². The number of H-pyrrole nitrogens is 1. The summed E-state index contributed by atoms with van der Waals surface area (Å²) in [7, 11) is 0. The van der Waals surface area contributed by atoms with E-state index in [0.717, 1.165) is 39.3 Å². The first-order valence-corrected chi connectivity index (χ1v) is 9.01. The number of nitrogens with one attached hydrogen (secondary N) is 1. The minimum absolute atomic E-state index is 0.162. The lowest BCUT2D eigenvalue weighted by atomic mass is 10.1. The van der Waals surface area contributed by atoms with Gasteiger partial charge in [-0.2, -0.15) is 0 Å². The zero-order chi connectivity index (χ0) is 17.1. The Morgan fingerprint density at radius 1 is 0.800 bits per heavy atom. The third-order valence-electron chi connectivity index (χ3n) is 5.02. The third kappa shape index (κ3) is 4.09. The van der Waals surface area contributed by atoms with E-state index in [9.17, 15) is 4.39 Å². The van der Waals surface area contributed by atoms with Crippen LogP contribution in [-0.4, -0.2) is 41.0 Å². The van der Waals surface area contributed by atoms with Crippen molar-refractivity contribution in [3.8, 4) is 0 Å². The molecule has 25 heavy (non-hydrogen) atoms. The first-order chi connectivity index (χ1) is 12.3. The summed E-state index contributed by atoms with van der Waals surface area (Å²) in [5.41, 5.74) is 3.76. The summed E-state index contributed by atoms with van der Waals surface area (Å²) in [6.45, 7) is 6.28. The van der Waals surface area contributed by atoms with Crippen LogP contribution in [-0.2, 0) is 13.1 Å². The number of benzene rings is 2. The minimum atomic E-state index is -0.162. The normalized spacial score (nSPS) is 17.0. The summed E-state index contributed by atoms with van der Waals surface area (Å²) >= 11 is 0. The summed E-state index contributed by atoms with van der Waals surface area (Å²) in [4.78, 5) is 8.26. The van der Waals surface area contributed by atoms with Crippen LogP contribution >= 0.6 is 0 Å². The van der Waals surface area contributed by atoms with Gasteiger partial charge in [-0.25, -0.2) is 4.39 Å². The van der Waals surface area contributed by atoms with Crippen LogP contribution in [0.25, 0.3) is 10.9 Å². The van der Waals surface area contributed by atoms with Gasteiger partial charge in [-0.3, -0.25) is 9.80 Å². The number of aromatic nitrogens is 1. The van der Waals surface area contributed by atoms with Gasteiger partial charge in [0.05, 0.1) is 0 Å². The van der Waals surface area contributed by atoms with Crippen molar-refractivity contribution in [2.24, 2.45) is 0 Å². The van der Waals surface area contributed by atoms with Gasteiger partial charge < -0.3 is 4.98 Å². The third-order valence-corrected chi connectivity index (χ3v) is 5.02. The Kier molecular flexibility index (Phi) is 4.81. The van der Waals surface area contributed by atoms with Crippen molar-refractivity contribution in [3.05, 3.63) is 71.7 Å². The number of hydrogen-bond acceptors (Lipinski definition) is 2. The molecule has 0 atom stereocenters. The summed E-state index contributed by atoms with van der Waals surface area (Å²) < 4.78 is 13.0. The number of halogens is 1. The van der Waals surface area contributed by atoms with Gasteiger partial charge in [-0.05, 0) is 66.4 Å². The molecular weight excluding hydrogens is 313 g/mol. The molecule has 0 aliphatic carbocycles. The van der Waals surface area contributed by atoms with Crippen LogP contribution in [0.5, 0.6) is 0 Å². The monoisotopic (exact) mass is 337 g/mol. The standard InChI is InChI=1S/C21H24FN3/c22-20-5-2-17(3-6-20)15-24-10-1-11-25(13-12-24)16-18-4-7-21-19(14-18)8-9-23-21/h2-9,14,23H,1,10-13,15-16H2. The van der Waals surface area contributed by atoms with E-state index < -0.39 is 0 Å². The summed E-state index contributed by atoms with van der Waals surface area (Å²) in [6.07, 6.45) is 3.17. The Bertz CT molecular complexity index is 825. The molecule has 1 fully saturated rings. The van der Waals surface area contributed by atoms with E-state index >= 15 is 0 Å². The van der Waals surface area contributed by atoms with Gasteiger partial charge in [0.25, 0.3) is 0 Å². The average Bonchev–Trinajstić information content (AvgIpc) is 2.98. The number of aromatic amines is 1. The van der Waals surface area contributed by atoms with Gasteiger partial charge in [-0.15, -0.1) is 0 Å². The molecule has 130 valence electrons. The molecule has 1 aliphatic rings.